The molecule has 2 aromatic rings. The Labute approximate surface area is 116 Å². The van der Waals surface area contributed by atoms with Crippen LogP contribution in [-0.2, 0) is 9.53 Å². The van der Waals surface area contributed by atoms with Crippen LogP contribution in [0.25, 0.3) is 11.0 Å². The largest absolute Gasteiger partial charge is 0.467 e. The lowest BCUT2D eigenvalue weighted by Gasteiger charge is -2.22. The molecule has 0 spiro atoms. The first kappa shape index (κ1) is 13.9. The maximum atomic E-state index is 12.1. The fourth-order valence-electron chi connectivity index (χ4n) is 1.72. The number of amides is 1. The Balaban J connectivity index is 2.25. The van der Waals surface area contributed by atoms with E-state index in [-0.39, 0.29) is 5.69 Å². The summed E-state index contributed by atoms with van der Waals surface area (Å²) < 4.78 is 4.63. The lowest BCUT2D eigenvalue weighted by atomic mass is 10.1. The standard InChI is InChI=1S/C14H15N3O3/c1-14(2,13(19)20-3)17-12(18)11-8-15-9-6-4-5-7-10(9)16-11/h4-8H,1-3H3,(H,17,18). The molecular weight excluding hydrogens is 258 g/mol. The third-order valence-electron chi connectivity index (χ3n) is 2.80. The summed E-state index contributed by atoms with van der Waals surface area (Å²) in [7, 11) is 1.27. The second-order valence-corrected chi connectivity index (χ2v) is 4.81. The van der Waals surface area contributed by atoms with E-state index in [1.807, 2.05) is 18.2 Å². The molecule has 2 rings (SSSR count). The van der Waals surface area contributed by atoms with Crippen molar-refractivity contribution in [3.63, 3.8) is 0 Å². The van der Waals surface area contributed by atoms with Crippen LogP contribution >= 0.6 is 0 Å². The van der Waals surface area contributed by atoms with Gasteiger partial charge in [-0.3, -0.25) is 9.78 Å². The number of carbonyl (C=O) groups excluding carboxylic acids is 2. The van der Waals surface area contributed by atoms with Crippen molar-refractivity contribution in [2.75, 3.05) is 7.11 Å². The van der Waals surface area contributed by atoms with Crippen LogP contribution in [0.4, 0.5) is 0 Å². The lowest BCUT2D eigenvalue weighted by Crippen LogP contribution is -2.50. The van der Waals surface area contributed by atoms with Crippen molar-refractivity contribution in [1.82, 2.24) is 15.3 Å². The van der Waals surface area contributed by atoms with Crippen LogP contribution in [0, 0.1) is 0 Å². The molecule has 0 aliphatic heterocycles. The Morgan fingerprint density at radius 2 is 1.85 bits per heavy atom. The zero-order valence-electron chi connectivity index (χ0n) is 11.5. The predicted molar refractivity (Wildman–Crippen MR) is 73.1 cm³/mol. The average Bonchev–Trinajstić information content (AvgIpc) is 2.45. The topological polar surface area (TPSA) is 81.2 Å². The van der Waals surface area contributed by atoms with E-state index in [9.17, 15) is 9.59 Å². The van der Waals surface area contributed by atoms with E-state index in [1.165, 1.54) is 13.3 Å². The number of para-hydroxylation sites is 2. The summed E-state index contributed by atoms with van der Waals surface area (Å²) in [5.41, 5.74) is 0.354. The average molecular weight is 273 g/mol. The fourth-order valence-corrected chi connectivity index (χ4v) is 1.72. The number of methoxy groups -OCH3 is 1. The van der Waals surface area contributed by atoms with Crippen molar-refractivity contribution in [1.29, 1.82) is 0 Å². The zero-order valence-corrected chi connectivity index (χ0v) is 11.5. The van der Waals surface area contributed by atoms with Gasteiger partial charge in [-0.2, -0.15) is 0 Å². The SMILES string of the molecule is COC(=O)C(C)(C)NC(=O)c1cnc2ccccc2n1. The molecule has 0 saturated carbocycles. The predicted octanol–water partition coefficient (Wildman–Crippen LogP) is 1.31. The summed E-state index contributed by atoms with van der Waals surface area (Å²) in [5, 5.41) is 2.57. The van der Waals surface area contributed by atoms with Crippen LogP contribution in [-0.4, -0.2) is 34.5 Å². The van der Waals surface area contributed by atoms with Crippen LogP contribution in [0.1, 0.15) is 24.3 Å². The van der Waals surface area contributed by atoms with Crippen LogP contribution in [0.3, 0.4) is 0 Å². The molecule has 1 heterocycles. The molecule has 0 radical (unpaired) electrons. The van der Waals surface area contributed by atoms with E-state index in [4.69, 9.17) is 0 Å². The van der Waals surface area contributed by atoms with Crippen molar-refractivity contribution in [2.24, 2.45) is 0 Å². The number of carbonyl (C=O) groups is 2. The second-order valence-electron chi connectivity index (χ2n) is 4.81. The quantitative estimate of drug-likeness (QED) is 0.853. The first-order valence-corrected chi connectivity index (χ1v) is 6.07. The van der Waals surface area contributed by atoms with Gasteiger partial charge in [0.15, 0.2) is 0 Å². The third-order valence-corrected chi connectivity index (χ3v) is 2.80. The number of ether oxygens (including phenoxy) is 1. The summed E-state index contributed by atoms with van der Waals surface area (Å²) in [4.78, 5) is 32.0. The van der Waals surface area contributed by atoms with Gasteiger partial charge in [-0.25, -0.2) is 9.78 Å². The summed E-state index contributed by atoms with van der Waals surface area (Å²) in [5.74, 6) is -1.00. The van der Waals surface area contributed by atoms with Gasteiger partial charge in [-0.15, -0.1) is 0 Å². The summed E-state index contributed by atoms with van der Waals surface area (Å²) in [6.07, 6.45) is 1.38. The molecule has 0 saturated heterocycles. The Bertz CT molecular complexity index is 668. The number of hydrogen-bond acceptors (Lipinski definition) is 5. The molecule has 6 heteroatoms. The lowest BCUT2D eigenvalue weighted by molar-refractivity contribution is -0.146. The summed E-state index contributed by atoms with van der Waals surface area (Å²) in [6, 6.07) is 7.24. The van der Waals surface area contributed by atoms with Gasteiger partial charge in [-0.1, -0.05) is 12.1 Å². The highest BCUT2D eigenvalue weighted by molar-refractivity contribution is 5.97. The Kier molecular flexibility index (Phi) is 3.65. The Morgan fingerprint density at radius 1 is 1.20 bits per heavy atom. The normalized spacial score (nSPS) is 11.2. The zero-order chi connectivity index (χ0) is 14.8. The fraction of sp³-hybridized carbons (Fsp3) is 0.286. The number of aromatic nitrogens is 2. The van der Waals surface area contributed by atoms with Gasteiger partial charge in [0, 0.05) is 0 Å². The highest BCUT2D eigenvalue weighted by Crippen LogP contribution is 2.10. The minimum Gasteiger partial charge on any atom is -0.467 e. The molecule has 20 heavy (non-hydrogen) atoms. The van der Waals surface area contributed by atoms with Gasteiger partial charge < -0.3 is 10.1 Å². The first-order chi connectivity index (χ1) is 9.44. The van der Waals surface area contributed by atoms with Crippen LogP contribution in [0.2, 0.25) is 0 Å². The minimum absolute atomic E-state index is 0.153. The number of fused-ring (bicyclic) bond motifs is 1. The van der Waals surface area contributed by atoms with E-state index in [2.05, 4.69) is 20.0 Å². The van der Waals surface area contributed by atoms with Gasteiger partial charge >= 0.3 is 5.97 Å². The highest BCUT2D eigenvalue weighted by Gasteiger charge is 2.31. The van der Waals surface area contributed by atoms with Crippen molar-refractivity contribution >= 4 is 22.9 Å². The molecule has 1 amide bonds. The van der Waals surface area contributed by atoms with Gasteiger partial charge in [0.05, 0.1) is 24.3 Å². The number of esters is 1. The molecule has 0 unspecified atom stereocenters. The summed E-state index contributed by atoms with van der Waals surface area (Å²) in [6.45, 7) is 3.12. The number of benzene rings is 1. The van der Waals surface area contributed by atoms with Gasteiger partial charge in [0.25, 0.3) is 5.91 Å². The molecule has 1 N–H and O–H groups in total. The van der Waals surface area contributed by atoms with E-state index >= 15 is 0 Å². The van der Waals surface area contributed by atoms with Gasteiger partial charge in [0.2, 0.25) is 0 Å². The molecule has 0 atom stereocenters. The molecule has 0 aliphatic carbocycles. The maximum Gasteiger partial charge on any atom is 0.330 e. The maximum absolute atomic E-state index is 12.1. The first-order valence-electron chi connectivity index (χ1n) is 6.07. The molecule has 1 aromatic heterocycles. The highest BCUT2D eigenvalue weighted by atomic mass is 16.5. The van der Waals surface area contributed by atoms with Crippen LogP contribution in [0.15, 0.2) is 30.5 Å². The number of nitrogens with zero attached hydrogens (tertiary/aromatic N) is 2. The van der Waals surface area contributed by atoms with E-state index in [0.29, 0.717) is 11.0 Å². The van der Waals surface area contributed by atoms with Crippen molar-refractivity contribution < 1.29 is 14.3 Å². The monoisotopic (exact) mass is 273 g/mol. The smallest absolute Gasteiger partial charge is 0.330 e. The number of hydrogen-bond donors (Lipinski definition) is 1. The van der Waals surface area contributed by atoms with Gasteiger partial charge in [-0.05, 0) is 26.0 Å². The van der Waals surface area contributed by atoms with E-state index in [0.717, 1.165) is 0 Å². The molecule has 104 valence electrons. The van der Waals surface area contributed by atoms with Crippen molar-refractivity contribution in [2.45, 2.75) is 19.4 Å². The van der Waals surface area contributed by atoms with Crippen LogP contribution in [0.5, 0.6) is 0 Å². The molecule has 0 fully saturated rings. The second kappa shape index (κ2) is 5.24. The summed E-state index contributed by atoms with van der Waals surface area (Å²) >= 11 is 0. The molecule has 0 aliphatic rings. The van der Waals surface area contributed by atoms with Crippen LogP contribution < -0.4 is 5.32 Å². The molecular formula is C14H15N3O3. The van der Waals surface area contributed by atoms with Crippen molar-refractivity contribution in [3.05, 3.63) is 36.2 Å². The number of rotatable bonds is 3. The third kappa shape index (κ3) is 2.74. The minimum atomic E-state index is -1.13. The Morgan fingerprint density at radius 3 is 2.50 bits per heavy atom. The number of nitrogens with one attached hydrogen (secondary N) is 1. The van der Waals surface area contributed by atoms with Gasteiger partial charge in [0.1, 0.15) is 11.2 Å². The molecule has 6 nitrogen and oxygen atoms in total. The van der Waals surface area contributed by atoms with E-state index < -0.39 is 17.4 Å². The molecule has 0 bridgehead atoms. The van der Waals surface area contributed by atoms with Crippen molar-refractivity contribution in [3.8, 4) is 0 Å². The Hall–Kier alpha value is -2.50. The molecule has 1 aromatic carbocycles. The van der Waals surface area contributed by atoms with E-state index in [1.54, 1.807) is 19.9 Å².